The summed E-state index contributed by atoms with van der Waals surface area (Å²) in [5, 5.41) is 0.530. The molecule has 0 saturated heterocycles. The van der Waals surface area contributed by atoms with Gasteiger partial charge in [-0.3, -0.25) is 11.3 Å². The van der Waals surface area contributed by atoms with Gasteiger partial charge in [-0.25, -0.2) is 4.39 Å². The zero-order chi connectivity index (χ0) is 15.4. The Balaban J connectivity index is 2.27. The van der Waals surface area contributed by atoms with Gasteiger partial charge in [-0.15, -0.1) is 0 Å². The molecule has 112 valence electrons. The summed E-state index contributed by atoms with van der Waals surface area (Å²) in [7, 11) is 1.63. The van der Waals surface area contributed by atoms with E-state index in [1.54, 1.807) is 13.2 Å². The van der Waals surface area contributed by atoms with Crippen LogP contribution >= 0.6 is 11.6 Å². The van der Waals surface area contributed by atoms with Crippen LogP contribution < -0.4 is 16.0 Å². The molecule has 0 aromatic heterocycles. The Morgan fingerprint density at radius 3 is 2.67 bits per heavy atom. The molecule has 0 heterocycles. The number of aryl methyl sites for hydroxylation is 1. The maximum absolute atomic E-state index is 13.3. The fraction of sp³-hybridized carbons (Fsp3) is 0.250. The van der Waals surface area contributed by atoms with Crippen molar-refractivity contribution in [1.82, 2.24) is 5.43 Å². The van der Waals surface area contributed by atoms with Gasteiger partial charge >= 0.3 is 0 Å². The molecule has 1 unspecified atom stereocenters. The Bertz CT molecular complexity index is 634. The Kier molecular flexibility index (Phi) is 5.17. The zero-order valence-electron chi connectivity index (χ0n) is 12.0. The largest absolute Gasteiger partial charge is 0.496 e. The number of ether oxygens (including phenoxy) is 1. The number of hydrogen-bond donors (Lipinski definition) is 2. The molecule has 0 spiro atoms. The van der Waals surface area contributed by atoms with E-state index in [1.807, 2.05) is 25.1 Å². The average molecular weight is 309 g/mol. The van der Waals surface area contributed by atoms with Crippen molar-refractivity contribution in [2.24, 2.45) is 5.84 Å². The molecule has 0 aliphatic heterocycles. The van der Waals surface area contributed by atoms with E-state index in [9.17, 15) is 4.39 Å². The number of nitrogens with two attached hydrogens (primary N) is 1. The van der Waals surface area contributed by atoms with Crippen molar-refractivity contribution < 1.29 is 9.13 Å². The number of nitrogens with one attached hydrogen (secondary N) is 1. The second-order valence-corrected chi connectivity index (χ2v) is 5.30. The lowest BCUT2D eigenvalue weighted by molar-refractivity contribution is 0.411. The lowest BCUT2D eigenvalue weighted by atomic mass is 9.97. The Morgan fingerprint density at radius 2 is 2.05 bits per heavy atom. The van der Waals surface area contributed by atoms with Crippen LogP contribution in [0, 0.1) is 12.7 Å². The molecule has 2 aromatic carbocycles. The molecule has 1 atom stereocenters. The van der Waals surface area contributed by atoms with Gasteiger partial charge in [0.15, 0.2) is 0 Å². The number of hydrogen-bond acceptors (Lipinski definition) is 3. The highest BCUT2D eigenvalue weighted by Crippen LogP contribution is 2.27. The molecule has 3 N–H and O–H groups in total. The zero-order valence-corrected chi connectivity index (χ0v) is 12.7. The van der Waals surface area contributed by atoms with Crippen LogP contribution in [0.2, 0.25) is 5.02 Å². The van der Waals surface area contributed by atoms with Crippen LogP contribution in [-0.4, -0.2) is 7.11 Å². The minimum absolute atomic E-state index is 0.158. The van der Waals surface area contributed by atoms with Gasteiger partial charge in [0, 0.05) is 5.02 Å². The normalized spacial score (nSPS) is 12.2. The minimum atomic E-state index is -0.309. The Labute approximate surface area is 128 Å². The van der Waals surface area contributed by atoms with E-state index in [2.05, 4.69) is 5.43 Å². The van der Waals surface area contributed by atoms with E-state index in [0.29, 0.717) is 17.0 Å². The molecule has 3 nitrogen and oxygen atoms in total. The highest BCUT2D eigenvalue weighted by molar-refractivity contribution is 6.31. The first-order chi connectivity index (χ1) is 10.0. The van der Waals surface area contributed by atoms with Crippen LogP contribution in [0.15, 0.2) is 36.4 Å². The van der Waals surface area contributed by atoms with Crippen LogP contribution in [0.4, 0.5) is 4.39 Å². The first kappa shape index (κ1) is 15.8. The summed E-state index contributed by atoms with van der Waals surface area (Å²) in [5.74, 6) is 6.15. The molecule has 21 heavy (non-hydrogen) atoms. The van der Waals surface area contributed by atoms with Crippen molar-refractivity contribution in [2.75, 3.05) is 7.11 Å². The number of rotatable bonds is 5. The molecule has 0 fully saturated rings. The van der Waals surface area contributed by atoms with Gasteiger partial charge in [0.05, 0.1) is 13.2 Å². The van der Waals surface area contributed by atoms with Crippen molar-refractivity contribution >= 4 is 11.6 Å². The lowest BCUT2D eigenvalue weighted by Gasteiger charge is -2.18. The summed E-state index contributed by atoms with van der Waals surface area (Å²) in [6.45, 7) is 1.96. The molecule has 0 bridgehead atoms. The molecule has 0 radical (unpaired) electrons. The topological polar surface area (TPSA) is 47.3 Å². The van der Waals surface area contributed by atoms with Gasteiger partial charge in [0.25, 0.3) is 0 Å². The maximum atomic E-state index is 13.3. The van der Waals surface area contributed by atoms with Crippen molar-refractivity contribution in [3.05, 3.63) is 63.9 Å². The summed E-state index contributed by atoms with van der Waals surface area (Å²) in [5.41, 5.74) is 5.48. The molecule has 5 heteroatoms. The van der Waals surface area contributed by atoms with Crippen molar-refractivity contribution in [3.8, 4) is 5.75 Å². The van der Waals surface area contributed by atoms with Gasteiger partial charge in [0.1, 0.15) is 11.6 Å². The van der Waals surface area contributed by atoms with Gasteiger partial charge < -0.3 is 4.74 Å². The fourth-order valence-corrected chi connectivity index (χ4v) is 2.51. The van der Waals surface area contributed by atoms with Gasteiger partial charge in [0.2, 0.25) is 0 Å². The summed E-state index contributed by atoms with van der Waals surface area (Å²) in [6, 6.07) is 9.99. The molecule has 2 rings (SSSR count). The summed E-state index contributed by atoms with van der Waals surface area (Å²) in [4.78, 5) is 0. The first-order valence-electron chi connectivity index (χ1n) is 6.59. The van der Waals surface area contributed by atoms with E-state index in [-0.39, 0.29) is 11.9 Å². The summed E-state index contributed by atoms with van der Waals surface area (Å²) < 4.78 is 18.6. The van der Waals surface area contributed by atoms with E-state index in [0.717, 1.165) is 16.9 Å². The second kappa shape index (κ2) is 6.89. The number of hydrazine groups is 1. The smallest absolute Gasteiger partial charge is 0.123 e. The van der Waals surface area contributed by atoms with E-state index in [1.165, 1.54) is 12.1 Å². The first-order valence-corrected chi connectivity index (χ1v) is 6.97. The quantitative estimate of drug-likeness (QED) is 0.656. The third-order valence-electron chi connectivity index (χ3n) is 3.45. The molecule has 2 aromatic rings. The lowest BCUT2D eigenvalue weighted by Crippen LogP contribution is -2.29. The highest BCUT2D eigenvalue weighted by Gasteiger charge is 2.14. The number of methoxy groups -OCH3 is 1. The van der Waals surface area contributed by atoms with E-state index < -0.39 is 0 Å². The van der Waals surface area contributed by atoms with Gasteiger partial charge in [-0.1, -0.05) is 23.7 Å². The minimum Gasteiger partial charge on any atom is -0.496 e. The number of benzene rings is 2. The molecular formula is C16H18ClFN2O. The Hall–Kier alpha value is -1.62. The van der Waals surface area contributed by atoms with Crippen LogP contribution in [0.5, 0.6) is 5.75 Å². The van der Waals surface area contributed by atoms with Crippen molar-refractivity contribution in [2.45, 2.75) is 19.4 Å². The van der Waals surface area contributed by atoms with E-state index >= 15 is 0 Å². The monoisotopic (exact) mass is 308 g/mol. The molecule has 0 amide bonds. The van der Waals surface area contributed by atoms with Crippen LogP contribution in [0.1, 0.15) is 22.7 Å². The second-order valence-electron chi connectivity index (χ2n) is 4.89. The fourth-order valence-electron chi connectivity index (χ4n) is 2.31. The van der Waals surface area contributed by atoms with Gasteiger partial charge in [-0.2, -0.15) is 0 Å². The predicted octanol–water partition coefficient (Wildman–Crippen LogP) is 3.54. The van der Waals surface area contributed by atoms with Crippen molar-refractivity contribution in [3.63, 3.8) is 0 Å². The number of halogens is 2. The van der Waals surface area contributed by atoms with E-state index in [4.69, 9.17) is 22.2 Å². The van der Waals surface area contributed by atoms with Gasteiger partial charge in [-0.05, 0) is 54.3 Å². The molecular weight excluding hydrogens is 291 g/mol. The van der Waals surface area contributed by atoms with Crippen LogP contribution in [0.3, 0.4) is 0 Å². The highest BCUT2D eigenvalue weighted by atomic mass is 35.5. The third kappa shape index (κ3) is 3.73. The third-order valence-corrected chi connectivity index (χ3v) is 3.82. The van der Waals surface area contributed by atoms with Crippen LogP contribution in [-0.2, 0) is 6.42 Å². The predicted molar refractivity (Wildman–Crippen MR) is 82.9 cm³/mol. The van der Waals surface area contributed by atoms with Crippen molar-refractivity contribution in [1.29, 1.82) is 0 Å². The summed E-state index contributed by atoms with van der Waals surface area (Å²) in [6.07, 6.45) is 0.499. The molecule has 0 saturated carbocycles. The van der Waals surface area contributed by atoms with Crippen LogP contribution in [0.25, 0.3) is 0 Å². The SMILES string of the molecule is COc1ccc(C(Cc2cc(F)ccc2Cl)NN)cc1C. The standard InChI is InChI=1S/C16H18ClFN2O/c1-10-7-11(3-6-16(10)21-2)15(20-19)9-12-8-13(18)4-5-14(12)17/h3-8,15,20H,9,19H2,1-2H3. The Morgan fingerprint density at radius 1 is 1.29 bits per heavy atom. The molecule has 0 aliphatic carbocycles. The average Bonchev–Trinajstić information content (AvgIpc) is 2.48. The maximum Gasteiger partial charge on any atom is 0.123 e. The molecule has 0 aliphatic rings. The summed E-state index contributed by atoms with van der Waals surface area (Å²) >= 11 is 6.11.